The Bertz CT molecular complexity index is 2210. The van der Waals surface area contributed by atoms with E-state index in [2.05, 4.69) is 153 Å². The zero-order chi connectivity index (χ0) is 70.8. The van der Waals surface area contributed by atoms with Gasteiger partial charge in [0.15, 0.2) is 12.6 Å². The van der Waals surface area contributed by atoms with Crippen molar-refractivity contribution < 1.29 is 64.6 Å². The number of allylic oxidation sites excluding steroid dienone is 23. The third-order valence-corrected chi connectivity index (χ3v) is 18.0. The summed E-state index contributed by atoms with van der Waals surface area (Å²) in [5, 5.41) is 87.6. The van der Waals surface area contributed by atoms with Crippen molar-refractivity contribution in [3.63, 3.8) is 0 Å². The summed E-state index contributed by atoms with van der Waals surface area (Å²) in [6.07, 6.45) is 83.4. The van der Waals surface area contributed by atoms with Crippen molar-refractivity contribution in [2.75, 3.05) is 19.8 Å². The molecule has 14 heteroatoms. The van der Waals surface area contributed by atoms with Crippen LogP contribution in [0.15, 0.2) is 146 Å². The molecule has 2 aliphatic rings. The van der Waals surface area contributed by atoms with E-state index < -0.39 is 86.8 Å². The lowest BCUT2D eigenvalue weighted by Gasteiger charge is -2.46. The summed E-state index contributed by atoms with van der Waals surface area (Å²) in [7, 11) is 0. The highest BCUT2D eigenvalue weighted by Gasteiger charge is 2.51. The minimum Gasteiger partial charge on any atom is -0.394 e. The molecule has 2 saturated heterocycles. The lowest BCUT2D eigenvalue weighted by molar-refractivity contribution is -0.359. The van der Waals surface area contributed by atoms with Crippen LogP contribution in [0.3, 0.4) is 0 Å². The second-order valence-electron chi connectivity index (χ2n) is 26.7. The van der Waals surface area contributed by atoms with Gasteiger partial charge in [-0.3, -0.25) is 4.79 Å². The molecular formula is C84H141NO13. The van der Waals surface area contributed by atoms with Crippen LogP contribution in [0.2, 0.25) is 0 Å². The van der Waals surface area contributed by atoms with Crippen LogP contribution in [0.25, 0.3) is 0 Å². The molecule has 0 aromatic heterocycles. The molecule has 0 aliphatic carbocycles. The lowest BCUT2D eigenvalue weighted by atomic mass is 9.97. The van der Waals surface area contributed by atoms with E-state index in [0.717, 1.165) is 116 Å². The van der Waals surface area contributed by atoms with Gasteiger partial charge >= 0.3 is 0 Å². The van der Waals surface area contributed by atoms with Crippen LogP contribution in [0.4, 0.5) is 0 Å². The fraction of sp³-hybridized carbons (Fsp3) is 0.702. The quantitative estimate of drug-likeness (QED) is 0.0204. The van der Waals surface area contributed by atoms with E-state index >= 15 is 0 Å². The summed E-state index contributed by atoms with van der Waals surface area (Å²) in [6.45, 7) is 2.66. The molecule has 14 nitrogen and oxygen atoms in total. The largest absolute Gasteiger partial charge is 0.394 e. The maximum absolute atomic E-state index is 13.4. The van der Waals surface area contributed by atoms with Gasteiger partial charge in [0.1, 0.15) is 48.8 Å². The summed E-state index contributed by atoms with van der Waals surface area (Å²) < 4.78 is 22.9. The highest BCUT2D eigenvalue weighted by Crippen LogP contribution is 2.30. The van der Waals surface area contributed by atoms with Gasteiger partial charge in [0.2, 0.25) is 5.91 Å². The fourth-order valence-corrected chi connectivity index (χ4v) is 11.8. The molecule has 12 atom stereocenters. The third kappa shape index (κ3) is 48.7. The first-order valence-corrected chi connectivity index (χ1v) is 39.1. The van der Waals surface area contributed by atoms with Crippen LogP contribution in [0, 0.1) is 0 Å². The molecule has 2 fully saturated rings. The summed E-state index contributed by atoms with van der Waals surface area (Å²) in [5.41, 5.74) is 0. The van der Waals surface area contributed by atoms with Gasteiger partial charge in [0, 0.05) is 6.42 Å². The summed E-state index contributed by atoms with van der Waals surface area (Å²) in [4.78, 5) is 13.4. The molecule has 98 heavy (non-hydrogen) atoms. The van der Waals surface area contributed by atoms with Crippen molar-refractivity contribution in [1.29, 1.82) is 0 Å². The summed E-state index contributed by atoms with van der Waals surface area (Å²) in [6, 6.07) is -0.963. The average Bonchev–Trinajstić information content (AvgIpc) is 0.793. The number of hydrogen-bond donors (Lipinski definition) is 9. The molecule has 0 bridgehead atoms. The Morgan fingerprint density at radius 1 is 0.378 bits per heavy atom. The first-order chi connectivity index (χ1) is 48.1. The fourth-order valence-electron chi connectivity index (χ4n) is 11.8. The number of ether oxygens (including phenoxy) is 4. The van der Waals surface area contributed by atoms with Crippen molar-refractivity contribution in [1.82, 2.24) is 5.32 Å². The molecule has 2 heterocycles. The number of aliphatic hydroxyl groups excluding tert-OH is 8. The van der Waals surface area contributed by atoms with Crippen LogP contribution in [0.5, 0.6) is 0 Å². The molecule has 1 amide bonds. The number of rotatable bonds is 63. The second kappa shape index (κ2) is 66.1. The number of amides is 1. The monoisotopic (exact) mass is 1370 g/mol. The molecule has 560 valence electrons. The Hall–Kier alpha value is -4.13. The molecular weight excluding hydrogens is 1230 g/mol. The molecule has 0 aromatic rings. The number of hydrogen-bond acceptors (Lipinski definition) is 13. The molecule has 2 aliphatic heterocycles. The number of carbonyl (C=O) groups is 1. The predicted molar refractivity (Wildman–Crippen MR) is 405 cm³/mol. The van der Waals surface area contributed by atoms with Gasteiger partial charge in [-0.25, -0.2) is 0 Å². The Morgan fingerprint density at radius 2 is 0.714 bits per heavy atom. The maximum atomic E-state index is 13.4. The zero-order valence-corrected chi connectivity index (χ0v) is 61.2. The Labute approximate surface area is 595 Å². The normalized spacial score (nSPS) is 22.9. The molecule has 0 aromatic carbocycles. The standard InChI is InChI=1S/C84H141NO13/c1-3-5-7-9-11-13-15-17-19-21-23-25-27-29-31-33-35-36-38-40-42-44-46-48-50-52-54-56-58-60-62-64-66-68-76(89)85-72(71-95-83-81(94)79(92)82(75(70-87)97-83)98-84-80(93)78(91)77(90)74(69-86)96-84)73(88)67-65-63-61-59-57-55-53-51-49-47-45-43-41-39-37-34-32-30-28-26-24-22-20-18-16-14-12-10-8-6-4-2/h5,7,11,13,17,19,23,25,29,31,35-36,40,42,46,48-49,51-52,54,57,59,65,67,72-75,77-84,86-88,90-94H,3-4,6,8-10,12,14-16,18,20-22,24,26-28,30,32-34,37-39,41,43-45,47,50,53,55-56,58,60-64,66,68-71H2,1-2H3,(H,85,89)/b7-5-,13-11-,19-17-,25-23-,31-29-,36-35-,42-40-,48-46-,51-49+,54-52-,59-57+,67-65+. The van der Waals surface area contributed by atoms with E-state index in [4.69, 9.17) is 18.9 Å². The number of aliphatic hydroxyl groups is 8. The minimum atomic E-state index is -1.80. The highest BCUT2D eigenvalue weighted by molar-refractivity contribution is 5.76. The number of nitrogens with one attached hydrogen (secondary N) is 1. The predicted octanol–water partition coefficient (Wildman–Crippen LogP) is 17.6. The zero-order valence-electron chi connectivity index (χ0n) is 61.2. The van der Waals surface area contributed by atoms with Gasteiger partial charge in [-0.2, -0.15) is 0 Å². The Morgan fingerprint density at radius 3 is 1.12 bits per heavy atom. The van der Waals surface area contributed by atoms with Crippen molar-refractivity contribution in [3.05, 3.63) is 146 Å². The first kappa shape index (κ1) is 90.0. The van der Waals surface area contributed by atoms with E-state index in [1.165, 1.54) is 135 Å². The molecule has 0 radical (unpaired) electrons. The lowest BCUT2D eigenvalue weighted by Crippen LogP contribution is -2.65. The molecule has 12 unspecified atom stereocenters. The van der Waals surface area contributed by atoms with Gasteiger partial charge in [-0.15, -0.1) is 0 Å². The number of carbonyl (C=O) groups excluding carboxylic acids is 1. The van der Waals surface area contributed by atoms with Crippen LogP contribution in [-0.2, 0) is 23.7 Å². The van der Waals surface area contributed by atoms with Gasteiger partial charge in [0.05, 0.1) is 32.0 Å². The SMILES string of the molecule is CC/C=C\C/C=C\C/C=C\C/C=C\C/C=C\C/C=C\C/C=C\C/C=C\C/C=C\CCCCCCCC(=O)NC(COC1OC(CO)C(OC2OC(CO)C(O)C(O)C2O)C(O)C1O)C(O)/C=C/CC/C=C/CC/C=C/CCCCCCCCCCCCCCCCCCCCCCC. The minimum absolute atomic E-state index is 0.237. The maximum Gasteiger partial charge on any atom is 0.220 e. The van der Waals surface area contributed by atoms with Crippen molar-refractivity contribution in [2.24, 2.45) is 0 Å². The van der Waals surface area contributed by atoms with Crippen molar-refractivity contribution in [2.45, 2.75) is 357 Å². The van der Waals surface area contributed by atoms with E-state index in [1.54, 1.807) is 6.08 Å². The van der Waals surface area contributed by atoms with E-state index in [1.807, 2.05) is 6.08 Å². The summed E-state index contributed by atoms with van der Waals surface area (Å²) >= 11 is 0. The smallest absolute Gasteiger partial charge is 0.220 e. The van der Waals surface area contributed by atoms with E-state index in [-0.39, 0.29) is 18.9 Å². The van der Waals surface area contributed by atoms with Crippen molar-refractivity contribution in [3.8, 4) is 0 Å². The van der Waals surface area contributed by atoms with Gasteiger partial charge in [-0.1, -0.05) is 307 Å². The molecule has 9 N–H and O–H groups in total. The van der Waals surface area contributed by atoms with E-state index in [0.29, 0.717) is 12.8 Å². The highest BCUT2D eigenvalue weighted by atomic mass is 16.7. The van der Waals surface area contributed by atoms with Gasteiger partial charge in [-0.05, 0) is 116 Å². The molecule has 2 rings (SSSR count). The first-order valence-electron chi connectivity index (χ1n) is 39.1. The topological polar surface area (TPSA) is 228 Å². The average molecular weight is 1370 g/mol. The summed E-state index contributed by atoms with van der Waals surface area (Å²) in [5.74, 6) is -0.276. The van der Waals surface area contributed by atoms with Crippen LogP contribution in [0.1, 0.15) is 284 Å². The van der Waals surface area contributed by atoms with Gasteiger partial charge in [0.25, 0.3) is 0 Å². The van der Waals surface area contributed by atoms with Crippen LogP contribution >= 0.6 is 0 Å². The van der Waals surface area contributed by atoms with E-state index in [9.17, 15) is 45.6 Å². The number of unbranched alkanes of at least 4 members (excludes halogenated alkanes) is 28. The van der Waals surface area contributed by atoms with Crippen molar-refractivity contribution >= 4 is 5.91 Å². The molecule has 0 spiro atoms. The molecule has 0 saturated carbocycles. The van der Waals surface area contributed by atoms with Gasteiger partial charge < -0.3 is 65.1 Å². The third-order valence-electron chi connectivity index (χ3n) is 18.0. The van der Waals surface area contributed by atoms with Crippen LogP contribution in [-0.4, -0.2) is 140 Å². The Balaban J connectivity index is 1.69. The van der Waals surface area contributed by atoms with Crippen LogP contribution < -0.4 is 5.32 Å². The second-order valence-corrected chi connectivity index (χ2v) is 26.7. The Kier molecular flexibility index (Phi) is 60.7.